The minimum atomic E-state index is -1.29. The number of benzene rings is 1. The number of fused-ring (bicyclic) bond motifs is 1. The van der Waals surface area contributed by atoms with Crippen LogP contribution in [-0.4, -0.2) is 121 Å². The van der Waals surface area contributed by atoms with Crippen molar-refractivity contribution >= 4 is 28.9 Å². The van der Waals surface area contributed by atoms with E-state index >= 15 is 0 Å². The molecule has 0 bridgehead atoms. The third-order valence-corrected chi connectivity index (χ3v) is 11.2. The third-order valence-electron chi connectivity index (χ3n) is 11.2. The molecule has 1 aromatic carbocycles. The molecule has 56 heavy (non-hydrogen) atoms. The molecular weight excluding hydrogens is 718 g/mol. The maximum Gasteiger partial charge on any atom is 0.308 e. The standard InChI is InChI=1S/C42H57N5O9/c1-8-36-31(22-47-23-33(44-45-47)30-19-28-11-9-10-12-32(28)43-21-30)17-24(2)13-14-34(49)25(3)18-29(15-16-48)41(26(4)35(50)20-37(51)55-36)56-42-40(53)38(46(6)7)39(52)27(5)54-42/h9-14,16-17,19,21,23,25-27,29,31,35-36,38-42,50,52-53H,8,15,18,20,22H2,1-7H3/b14-13+,24-17+/t25-,26+,27-,29+,31-,35-,36-,38?,39-,40?,41-,42+/m1/s1. The van der Waals surface area contributed by atoms with Gasteiger partial charge in [-0.3, -0.25) is 19.3 Å². The van der Waals surface area contributed by atoms with Gasteiger partial charge in [-0.05, 0) is 64.9 Å². The Morgan fingerprint density at radius 3 is 2.54 bits per heavy atom. The van der Waals surface area contributed by atoms with Crippen molar-refractivity contribution in [2.45, 2.75) is 116 Å². The number of likely N-dealkylation sites (N-methyl/N-ethyl adjacent to an activating group) is 1. The highest BCUT2D eigenvalue weighted by Crippen LogP contribution is 2.34. The fourth-order valence-electron chi connectivity index (χ4n) is 7.88. The first-order chi connectivity index (χ1) is 26.7. The van der Waals surface area contributed by atoms with Crippen molar-refractivity contribution in [1.82, 2.24) is 24.9 Å². The summed E-state index contributed by atoms with van der Waals surface area (Å²) in [7, 11) is 3.45. The predicted octanol–water partition coefficient (Wildman–Crippen LogP) is 3.92. The minimum absolute atomic E-state index is 0.00843. The number of ether oxygens (including phenoxy) is 3. The number of aldehydes is 1. The van der Waals surface area contributed by atoms with Crippen LogP contribution in [0.4, 0.5) is 0 Å². The SMILES string of the molecule is CC[C@H]1OC(=O)C[C@@H](O)[C@H](C)[C@@H](O[C@@H]2O[C@H](C)[C@@H](O)C(N(C)C)C2O)[C@@H](CC=O)C[C@@H](C)C(=O)/C=C/C(C)=C/[C@@H]1Cn1cc(-c2cnc3ccccc3c2)nn1. The van der Waals surface area contributed by atoms with Crippen LogP contribution >= 0.6 is 0 Å². The van der Waals surface area contributed by atoms with Crippen LogP contribution in [0.5, 0.6) is 0 Å². The van der Waals surface area contributed by atoms with Crippen molar-refractivity contribution in [2.24, 2.45) is 23.7 Å². The maximum atomic E-state index is 13.6. The van der Waals surface area contributed by atoms with Gasteiger partial charge in [0.05, 0.1) is 55.1 Å². The Morgan fingerprint density at radius 1 is 1.07 bits per heavy atom. The number of aliphatic hydroxyl groups excluding tert-OH is 3. The van der Waals surface area contributed by atoms with Gasteiger partial charge in [0.2, 0.25) is 0 Å². The number of hydrogen-bond donors (Lipinski definition) is 3. The highest BCUT2D eigenvalue weighted by atomic mass is 16.7. The van der Waals surface area contributed by atoms with E-state index in [0.29, 0.717) is 18.7 Å². The van der Waals surface area contributed by atoms with Gasteiger partial charge < -0.3 is 39.2 Å². The van der Waals surface area contributed by atoms with E-state index in [1.165, 1.54) is 6.08 Å². The number of cyclic esters (lactones) is 1. The molecule has 14 nitrogen and oxygen atoms in total. The van der Waals surface area contributed by atoms with Gasteiger partial charge in [-0.25, -0.2) is 0 Å². The summed E-state index contributed by atoms with van der Waals surface area (Å²) in [6.07, 6.45) is 2.72. The lowest BCUT2D eigenvalue weighted by atomic mass is 9.79. The zero-order chi connectivity index (χ0) is 40.7. The first kappa shape index (κ1) is 43.0. The lowest BCUT2D eigenvalue weighted by Gasteiger charge is -2.46. The van der Waals surface area contributed by atoms with E-state index in [0.717, 1.165) is 28.3 Å². The van der Waals surface area contributed by atoms with Gasteiger partial charge in [-0.15, -0.1) is 5.10 Å². The number of aliphatic hydroxyl groups is 3. The van der Waals surface area contributed by atoms with Crippen molar-refractivity contribution < 1.29 is 43.9 Å². The maximum absolute atomic E-state index is 13.6. The lowest BCUT2D eigenvalue weighted by Crippen LogP contribution is -2.63. The molecule has 5 rings (SSSR count). The van der Waals surface area contributed by atoms with Gasteiger partial charge in [0.25, 0.3) is 0 Å². The molecule has 4 heterocycles. The van der Waals surface area contributed by atoms with Gasteiger partial charge in [0, 0.05) is 41.3 Å². The number of hydrogen-bond acceptors (Lipinski definition) is 13. The second-order valence-electron chi connectivity index (χ2n) is 15.7. The topological polar surface area (TPSA) is 186 Å². The monoisotopic (exact) mass is 775 g/mol. The summed E-state index contributed by atoms with van der Waals surface area (Å²) in [6, 6.07) is 9.09. The molecule has 12 atom stereocenters. The smallest absolute Gasteiger partial charge is 0.308 e. The van der Waals surface area contributed by atoms with Crippen LogP contribution in [0, 0.1) is 23.7 Å². The number of esters is 1. The van der Waals surface area contributed by atoms with E-state index in [2.05, 4.69) is 15.3 Å². The third kappa shape index (κ3) is 10.4. The quantitative estimate of drug-likeness (QED) is 0.210. The van der Waals surface area contributed by atoms with E-state index < -0.39 is 72.7 Å². The average molecular weight is 776 g/mol. The normalized spacial score (nSPS) is 34.2. The molecule has 1 fully saturated rings. The molecule has 3 N–H and O–H groups in total. The van der Waals surface area contributed by atoms with E-state index in [1.807, 2.05) is 56.5 Å². The minimum Gasteiger partial charge on any atom is -0.462 e. The number of aromatic nitrogens is 4. The number of carbonyl (C=O) groups excluding carboxylic acids is 3. The fraction of sp³-hybridized carbons (Fsp3) is 0.571. The van der Waals surface area contributed by atoms with Crippen LogP contribution in [0.2, 0.25) is 0 Å². The van der Waals surface area contributed by atoms with Gasteiger partial charge >= 0.3 is 5.97 Å². The van der Waals surface area contributed by atoms with E-state index in [4.69, 9.17) is 14.2 Å². The highest BCUT2D eigenvalue weighted by Gasteiger charge is 2.47. The number of rotatable bonds is 9. The Morgan fingerprint density at radius 2 is 1.82 bits per heavy atom. The molecule has 2 aromatic heterocycles. The molecule has 0 radical (unpaired) electrons. The predicted molar refractivity (Wildman–Crippen MR) is 209 cm³/mol. The molecule has 14 heteroatoms. The molecule has 2 unspecified atom stereocenters. The van der Waals surface area contributed by atoms with Crippen molar-refractivity contribution in [2.75, 3.05) is 14.1 Å². The van der Waals surface area contributed by atoms with Gasteiger partial charge in [0.1, 0.15) is 24.2 Å². The fourth-order valence-corrected chi connectivity index (χ4v) is 7.88. The highest BCUT2D eigenvalue weighted by molar-refractivity contribution is 5.91. The first-order valence-corrected chi connectivity index (χ1v) is 19.5. The summed E-state index contributed by atoms with van der Waals surface area (Å²) >= 11 is 0. The molecule has 2 aliphatic heterocycles. The second kappa shape index (κ2) is 19.3. The van der Waals surface area contributed by atoms with Crippen molar-refractivity contribution in [3.05, 3.63) is 66.5 Å². The van der Waals surface area contributed by atoms with Crippen LogP contribution in [0.3, 0.4) is 0 Å². The van der Waals surface area contributed by atoms with Crippen molar-refractivity contribution in [3.8, 4) is 11.3 Å². The molecule has 1 saturated heterocycles. The Bertz CT molecular complexity index is 1860. The molecule has 2 aliphatic rings. The number of para-hydroxylation sites is 1. The summed E-state index contributed by atoms with van der Waals surface area (Å²) in [6.45, 7) is 9.23. The average Bonchev–Trinajstić information content (AvgIpc) is 3.64. The van der Waals surface area contributed by atoms with E-state index in [-0.39, 0.29) is 31.0 Å². The molecule has 0 aliphatic carbocycles. The van der Waals surface area contributed by atoms with Gasteiger partial charge in [-0.1, -0.05) is 61.9 Å². The summed E-state index contributed by atoms with van der Waals surface area (Å²) in [5.41, 5.74) is 3.09. The lowest BCUT2D eigenvalue weighted by molar-refractivity contribution is -0.304. The zero-order valence-electron chi connectivity index (χ0n) is 33.3. The number of nitrogens with zero attached hydrogens (tertiary/aromatic N) is 5. The van der Waals surface area contributed by atoms with Crippen molar-refractivity contribution in [3.63, 3.8) is 0 Å². The van der Waals surface area contributed by atoms with E-state index in [1.54, 1.807) is 56.7 Å². The van der Waals surface area contributed by atoms with Crippen molar-refractivity contribution in [1.29, 1.82) is 0 Å². The second-order valence-corrected chi connectivity index (χ2v) is 15.7. The Hall–Kier alpha value is -4.18. The summed E-state index contributed by atoms with van der Waals surface area (Å²) < 4.78 is 20.2. The van der Waals surface area contributed by atoms with Crippen LogP contribution in [0.25, 0.3) is 22.2 Å². The van der Waals surface area contributed by atoms with Crippen LogP contribution in [0.15, 0.2) is 66.5 Å². The molecular formula is C42H57N5O9. The van der Waals surface area contributed by atoms with Gasteiger partial charge in [-0.2, -0.15) is 0 Å². The molecule has 0 amide bonds. The number of ketones is 1. The molecule has 0 saturated carbocycles. The summed E-state index contributed by atoms with van der Waals surface area (Å²) in [5.74, 6) is -3.07. The summed E-state index contributed by atoms with van der Waals surface area (Å²) in [5, 5.41) is 43.5. The Kier molecular flexibility index (Phi) is 14.8. The van der Waals surface area contributed by atoms with Crippen LogP contribution in [0.1, 0.15) is 60.3 Å². The largest absolute Gasteiger partial charge is 0.462 e. The first-order valence-electron chi connectivity index (χ1n) is 19.5. The molecule has 304 valence electrons. The van der Waals surface area contributed by atoms with E-state index in [9.17, 15) is 29.7 Å². The van der Waals surface area contributed by atoms with Crippen LogP contribution in [-0.2, 0) is 35.1 Å². The Labute approximate surface area is 328 Å². The number of pyridine rings is 1. The molecule has 3 aromatic rings. The zero-order valence-corrected chi connectivity index (χ0v) is 33.3. The van der Waals surface area contributed by atoms with Gasteiger partial charge in [0.15, 0.2) is 12.1 Å². The summed E-state index contributed by atoms with van der Waals surface area (Å²) in [4.78, 5) is 45.5. The number of carbonyl (C=O) groups is 3. The number of allylic oxidation sites excluding steroid dienone is 3. The molecule has 0 spiro atoms. The van der Waals surface area contributed by atoms with Crippen LogP contribution < -0.4 is 0 Å². The Balaban J connectivity index is 1.43.